The van der Waals surface area contributed by atoms with Gasteiger partial charge in [0.1, 0.15) is 0 Å². The fourth-order valence-corrected chi connectivity index (χ4v) is 5.99. The van der Waals surface area contributed by atoms with Gasteiger partial charge in [-0.1, -0.05) is 0 Å². The summed E-state index contributed by atoms with van der Waals surface area (Å²) in [6.07, 6.45) is 1.37. The fraction of sp³-hybridized carbons (Fsp3) is 0.364. The van der Waals surface area contributed by atoms with Crippen LogP contribution in [0.4, 0.5) is 0 Å². The van der Waals surface area contributed by atoms with E-state index in [1.54, 1.807) is 16.8 Å². The molecule has 2 aromatic heterocycles. The summed E-state index contributed by atoms with van der Waals surface area (Å²) >= 11 is 1.31. The number of hydrogen-bond acceptors (Lipinski definition) is 6. The van der Waals surface area contributed by atoms with Gasteiger partial charge in [0.2, 0.25) is 10.0 Å². The maximum absolute atomic E-state index is 12.4. The minimum absolute atomic E-state index is 0.0154. The van der Waals surface area contributed by atoms with Crippen LogP contribution in [-0.2, 0) is 20.0 Å². The van der Waals surface area contributed by atoms with E-state index < -0.39 is 20.0 Å². The first-order chi connectivity index (χ1) is 10.4. The quantitative estimate of drug-likeness (QED) is 0.835. The minimum Gasteiger partial charge on any atom is -0.266 e. The molecule has 0 saturated carbocycles. The molecule has 3 rings (SSSR count). The molecule has 8 nitrogen and oxygen atoms in total. The van der Waals surface area contributed by atoms with E-state index in [0.717, 1.165) is 0 Å². The Labute approximate surface area is 132 Å². The number of aromatic nitrogens is 2. The third kappa shape index (κ3) is 2.70. The molecule has 1 N–H and O–H groups in total. The average Bonchev–Trinajstić information content (AvgIpc) is 3.20. The Morgan fingerprint density at radius 1 is 1.00 bits per heavy atom. The number of piperazine rings is 1. The lowest BCUT2D eigenvalue weighted by molar-refractivity contribution is 0.272. The second-order valence-corrected chi connectivity index (χ2v) is 9.31. The molecule has 22 heavy (non-hydrogen) atoms. The van der Waals surface area contributed by atoms with Crippen LogP contribution in [0.15, 0.2) is 39.0 Å². The molecule has 0 radical (unpaired) electrons. The maximum atomic E-state index is 12.4. The van der Waals surface area contributed by atoms with Crippen molar-refractivity contribution < 1.29 is 16.8 Å². The molecule has 0 unspecified atom stereocenters. The number of nitrogens with zero attached hydrogens (tertiary/aromatic N) is 3. The van der Waals surface area contributed by atoms with Gasteiger partial charge in [-0.15, -0.1) is 0 Å². The van der Waals surface area contributed by atoms with Crippen molar-refractivity contribution in [3.63, 3.8) is 0 Å². The highest BCUT2D eigenvalue weighted by molar-refractivity contribution is 7.89. The van der Waals surface area contributed by atoms with Crippen LogP contribution < -0.4 is 0 Å². The van der Waals surface area contributed by atoms with Crippen molar-refractivity contribution in [2.24, 2.45) is 0 Å². The lowest BCUT2D eigenvalue weighted by Gasteiger charge is -2.32. The van der Waals surface area contributed by atoms with Crippen LogP contribution in [0.1, 0.15) is 0 Å². The van der Waals surface area contributed by atoms with Crippen LogP contribution in [0, 0.1) is 0 Å². The fourth-order valence-electron chi connectivity index (χ4n) is 2.22. The number of rotatable bonds is 4. The molecule has 11 heteroatoms. The molecule has 0 amide bonds. The van der Waals surface area contributed by atoms with E-state index >= 15 is 0 Å². The second kappa shape index (κ2) is 5.74. The number of aromatic amines is 1. The van der Waals surface area contributed by atoms with Crippen molar-refractivity contribution in [1.29, 1.82) is 0 Å². The zero-order chi connectivity index (χ0) is 15.8. The van der Waals surface area contributed by atoms with E-state index in [2.05, 4.69) is 10.2 Å². The number of nitrogens with one attached hydrogen (secondary N) is 1. The topological polar surface area (TPSA) is 103 Å². The van der Waals surface area contributed by atoms with E-state index in [0.29, 0.717) is 0 Å². The van der Waals surface area contributed by atoms with Gasteiger partial charge in [-0.25, -0.2) is 16.8 Å². The average molecular weight is 362 g/mol. The van der Waals surface area contributed by atoms with Crippen LogP contribution >= 0.6 is 11.3 Å². The number of H-pyrrole nitrogens is 1. The number of sulfonamides is 2. The highest BCUT2D eigenvalue weighted by atomic mass is 32.2. The predicted molar refractivity (Wildman–Crippen MR) is 80.4 cm³/mol. The lowest BCUT2D eigenvalue weighted by Crippen LogP contribution is -2.50. The van der Waals surface area contributed by atoms with E-state index in [4.69, 9.17) is 0 Å². The molecular formula is C11H14N4O4S3. The van der Waals surface area contributed by atoms with Gasteiger partial charge in [-0.2, -0.15) is 25.0 Å². The smallest absolute Gasteiger partial charge is 0.260 e. The molecule has 1 saturated heterocycles. The van der Waals surface area contributed by atoms with Crippen molar-refractivity contribution in [3.05, 3.63) is 29.1 Å². The first-order valence-electron chi connectivity index (χ1n) is 6.44. The minimum atomic E-state index is -3.65. The highest BCUT2D eigenvalue weighted by Gasteiger charge is 2.34. The van der Waals surface area contributed by atoms with E-state index in [1.807, 2.05) is 0 Å². The summed E-state index contributed by atoms with van der Waals surface area (Å²) < 4.78 is 52.0. The maximum Gasteiger partial charge on any atom is 0.260 e. The first-order valence-corrected chi connectivity index (χ1v) is 10.3. The van der Waals surface area contributed by atoms with Crippen LogP contribution in [0.2, 0.25) is 0 Å². The Balaban J connectivity index is 1.74. The molecule has 0 spiro atoms. The molecule has 120 valence electrons. The van der Waals surface area contributed by atoms with Gasteiger partial charge in [0.15, 0.2) is 5.03 Å². The normalized spacial score (nSPS) is 18.5. The van der Waals surface area contributed by atoms with Crippen LogP contribution in [-0.4, -0.2) is 61.8 Å². The predicted octanol–water partition coefficient (Wildman–Crippen LogP) is 0.166. The van der Waals surface area contributed by atoms with Gasteiger partial charge < -0.3 is 0 Å². The molecule has 0 aliphatic carbocycles. The summed E-state index contributed by atoms with van der Waals surface area (Å²) in [5.41, 5.74) is 0. The van der Waals surface area contributed by atoms with E-state index in [1.165, 1.54) is 32.2 Å². The van der Waals surface area contributed by atoms with Crippen molar-refractivity contribution in [2.45, 2.75) is 9.92 Å². The summed E-state index contributed by atoms with van der Waals surface area (Å²) in [6, 6.07) is 2.93. The monoisotopic (exact) mass is 362 g/mol. The molecule has 0 atom stereocenters. The Morgan fingerprint density at radius 2 is 1.64 bits per heavy atom. The summed E-state index contributed by atoms with van der Waals surface area (Å²) in [7, 11) is -7.18. The first kappa shape index (κ1) is 15.6. The molecule has 0 aromatic carbocycles. The van der Waals surface area contributed by atoms with Crippen molar-refractivity contribution in [3.8, 4) is 0 Å². The Kier molecular flexibility index (Phi) is 4.07. The molecule has 3 heterocycles. The van der Waals surface area contributed by atoms with Gasteiger partial charge >= 0.3 is 0 Å². The van der Waals surface area contributed by atoms with Crippen LogP contribution in [0.25, 0.3) is 0 Å². The summed E-state index contributed by atoms with van der Waals surface area (Å²) in [6.45, 7) is 0.493. The molecule has 1 aliphatic heterocycles. The molecule has 1 aliphatic rings. The Morgan fingerprint density at radius 3 is 2.14 bits per heavy atom. The third-order valence-corrected chi connectivity index (χ3v) is 7.98. The Bertz CT molecular complexity index is 748. The van der Waals surface area contributed by atoms with Crippen molar-refractivity contribution in [1.82, 2.24) is 18.8 Å². The van der Waals surface area contributed by atoms with Gasteiger partial charge in [0, 0.05) is 31.6 Å². The van der Waals surface area contributed by atoms with Gasteiger partial charge in [0.25, 0.3) is 10.0 Å². The zero-order valence-corrected chi connectivity index (χ0v) is 13.9. The number of thiophene rings is 1. The molecule has 2 aromatic rings. The lowest BCUT2D eigenvalue weighted by atomic mass is 10.4. The van der Waals surface area contributed by atoms with Crippen molar-refractivity contribution in [2.75, 3.05) is 26.2 Å². The summed E-state index contributed by atoms with van der Waals surface area (Å²) in [4.78, 5) is 0.252. The van der Waals surface area contributed by atoms with Crippen LogP contribution in [0.5, 0.6) is 0 Å². The SMILES string of the molecule is O=S(=O)(c1ccsc1)N1CCN(S(=O)(=O)c2ccn[nH]2)CC1. The second-order valence-electron chi connectivity index (χ2n) is 4.69. The standard InChI is InChI=1S/C11H14N4O4S3/c16-21(17,10-2-8-20-9-10)14-4-6-15(7-5-14)22(18,19)11-1-3-12-13-11/h1-3,8-9H,4-7H2,(H,12,13). The molecule has 0 bridgehead atoms. The number of hydrogen-bond donors (Lipinski definition) is 1. The van der Waals surface area contributed by atoms with E-state index in [-0.39, 0.29) is 36.1 Å². The van der Waals surface area contributed by atoms with Gasteiger partial charge in [-0.3, -0.25) is 5.10 Å². The summed E-state index contributed by atoms with van der Waals surface area (Å²) in [5.74, 6) is 0. The largest absolute Gasteiger partial charge is 0.266 e. The summed E-state index contributed by atoms with van der Waals surface area (Å²) in [5, 5.41) is 9.35. The van der Waals surface area contributed by atoms with E-state index in [9.17, 15) is 16.8 Å². The molecular weight excluding hydrogens is 348 g/mol. The third-order valence-electron chi connectivity index (χ3n) is 3.42. The Hall–Kier alpha value is -1.27. The molecule has 1 fully saturated rings. The van der Waals surface area contributed by atoms with Crippen molar-refractivity contribution >= 4 is 31.4 Å². The van der Waals surface area contributed by atoms with Gasteiger partial charge in [0.05, 0.1) is 11.1 Å². The highest BCUT2D eigenvalue weighted by Crippen LogP contribution is 2.22. The van der Waals surface area contributed by atoms with Gasteiger partial charge in [-0.05, 0) is 17.5 Å². The van der Waals surface area contributed by atoms with Crippen LogP contribution in [0.3, 0.4) is 0 Å². The zero-order valence-electron chi connectivity index (χ0n) is 11.4.